The summed E-state index contributed by atoms with van der Waals surface area (Å²) in [7, 11) is 0. The van der Waals surface area contributed by atoms with Crippen LogP contribution in [0.4, 0.5) is 0 Å². The number of fused-ring (bicyclic) bond motifs is 12. The molecule has 0 aliphatic rings. The van der Waals surface area contributed by atoms with Crippen LogP contribution in [0.15, 0.2) is 217 Å². The standard InChI is InChI=1S/C58H35N5O/c1-3-14-36(15-4-1)41-27-29-50-56(44-20-8-11-22-48(44)62(50)40-26-30-54-46(34-40)43-19-9-12-24-53(43)64-54)55(41)37-32-52-58(60-35-37)57-51(23-13-31-59-57)63(52)39-25-28-49-45(33-39)42-18-7-10-21-47(42)61(49)38-16-5-2-6-17-38/h1-35H. The number of hydrogen-bond acceptors (Lipinski definition) is 3. The summed E-state index contributed by atoms with van der Waals surface area (Å²) in [5, 5.41) is 6.94. The van der Waals surface area contributed by atoms with Gasteiger partial charge in [0.2, 0.25) is 0 Å². The highest BCUT2D eigenvalue weighted by Gasteiger charge is 2.23. The second-order valence-electron chi connectivity index (χ2n) is 16.6. The monoisotopic (exact) mass is 817 g/mol. The summed E-state index contributed by atoms with van der Waals surface area (Å²) in [6, 6.07) is 71.5. The Balaban J connectivity index is 1.05. The lowest BCUT2D eigenvalue weighted by molar-refractivity contribution is 0.669. The Labute approximate surface area is 366 Å². The van der Waals surface area contributed by atoms with Crippen LogP contribution in [-0.2, 0) is 0 Å². The molecule has 6 aromatic heterocycles. The van der Waals surface area contributed by atoms with Gasteiger partial charge >= 0.3 is 0 Å². The van der Waals surface area contributed by atoms with E-state index in [1.165, 1.54) is 27.1 Å². The fourth-order valence-electron chi connectivity index (χ4n) is 10.4. The van der Waals surface area contributed by atoms with E-state index in [4.69, 9.17) is 14.4 Å². The largest absolute Gasteiger partial charge is 0.456 e. The zero-order valence-electron chi connectivity index (χ0n) is 34.4. The van der Waals surface area contributed by atoms with Gasteiger partial charge in [0.1, 0.15) is 22.2 Å². The summed E-state index contributed by atoms with van der Waals surface area (Å²) in [5.74, 6) is 0. The van der Waals surface area contributed by atoms with Crippen LogP contribution in [0.3, 0.4) is 0 Å². The predicted octanol–water partition coefficient (Wildman–Crippen LogP) is 15.0. The fraction of sp³-hybridized carbons (Fsp3) is 0. The van der Waals surface area contributed by atoms with Crippen LogP contribution in [0, 0.1) is 0 Å². The number of aromatic nitrogens is 5. The minimum absolute atomic E-state index is 0.864. The van der Waals surface area contributed by atoms with E-state index in [9.17, 15) is 0 Å². The minimum atomic E-state index is 0.864. The third-order valence-electron chi connectivity index (χ3n) is 13.1. The van der Waals surface area contributed by atoms with Gasteiger partial charge in [-0.15, -0.1) is 0 Å². The highest BCUT2D eigenvalue weighted by atomic mass is 16.3. The smallest absolute Gasteiger partial charge is 0.135 e. The normalized spacial score (nSPS) is 12.1. The molecule has 0 aliphatic carbocycles. The Kier molecular flexibility index (Phi) is 7.30. The van der Waals surface area contributed by atoms with Gasteiger partial charge in [0.05, 0.1) is 33.1 Å². The molecule has 0 radical (unpaired) electrons. The number of hydrogen-bond donors (Lipinski definition) is 0. The number of para-hydroxylation sites is 4. The first-order valence-corrected chi connectivity index (χ1v) is 21.6. The van der Waals surface area contributed by atoms with E-state index in [2.05, 4.69) is 202 Å². The summed E-state index contributed by atoms with van der Waals surface area (Å²) in [6.45, 7) is 0. The zero-order chi connectivity index (χ0) is 41.9. The topological polar surface area (TPSA) is 53.7 Å². The van der Waals surface area contributed by atoms with Gasteiger partial charge in [-0.2, -0.15) is 0 Å². The first kappa shape index (κ1) is 34.9. The maximum atomic E-state index is 6.28. The van der Waals surface area contributed by atoms with Crippen molar-refractivity contribution in [3.8, 4) is 39.3 Å². The summed E-state index contributed by atoms with van der Waals surface area (Å²) in [5.41, 5.74) is 17.8. The third-order valence-corrected chi connectivity index (χ3v) is 13.1. The molecular formula is C58H35N5O. The van der Waals surface area contributed by atoms with Crippen molar-refractivity contribution in [3.63, 3.8) is 0 Å². The van der Waals surface area contributed by atoms with Gasteiger partial charge in [-0.05, 0) is 102 Å². The van der Waals surface area contributed by atoms with Crippen LogP contribution in [0.25, 0.3) is 127 Å². The van der Waals surface area contributed by atoms with Gasteiger partial charge in [-0.25, -0.2) is 0 Å². The SMILES string of the molecule is c1ccc(-c2ccc3c(c2-c2cnc4c5ncccc5n(-c5ccc6c(c5)c5ccccc5n6-c5ccccc5)c4c2)c2ccccc2n3-c2ccc3oc4ccccc4c3c2)cc1. The molecule has 0 bridgehead atoms. The van der Waals surface area contributed by atoms with E-state index >= 15 is 0 Å². The molecule has 0 saturated carbocycles. The van der Waals surface area contributed by atoms with Crippen molar-refractivity contribution in [1.82, 2.24) is 23.7 Å². The van der Waals surface area contributed by atoms with E-state index in [1.807, 2.05) is 24.4 Å². The van der Waals surface area contributed by atoms with Crippen LogP contribution in [-0.4, -0.2) is 23.7 Å². The number of furan rings is 1. The molecule has 298 valence electrons. The summed E-state index contributed by atoms with van der Waals surface area (Å²) >= 11 is 0. The molecule has 0 atom stereocenters. The molecular weight excluding hydrogens is 783 g/mol. The molecule has 0 amide bonds. The van der Waals surface area contributed by atoms with Gasteiger partial charge in [-0.1, -0.05) is 109 Å². The van der Waals surface area contributed by atoms with E-state index < -0.39 is 0 Å². The Bertz CT molecular complexity index is 4190. The molecule has 0 spiro atoms. The molecule has 0 fully saturated rings. The average molecular weight is 818 g/mol. The van der Waals surface area contributed by atoms with Crippen LogP contribution >= 0.6 is 0 Å². The molecule has 0 saturated heterocycles. The van der Waals surface area contributed by atoms with E-state index in [1.54, 1.807) is 0 Å². The molecule has 6 heteroatoms. The quantitative estimate of drug-likeness (QED) is 0.174. The number of nitrogens with zero attached hydrogens (tertiary/aromatic N) is 5. The Morgan fingerprint density at radius 1 is 0.344 bits per heavy atom. The van der Waals surface area contributed by atoms with Crippen molar-refractivity contribution in [2.45, 2.75) is 0 Å². The lowest BCUT2D eigenvalue weighted by Crippen LogP contribution is -1.97. The summed E-state index contributed by atoms with van der Waals surface area (Å²) < 4.78 is 13.4. The van der Waals surface area contributed by atoms with Crippen molar-refractivity contribution < 1.29 is 4.42 Å². The number of rotatable bonds is 5. The van der Waals surface area contributed by atoms with Crippen molar-refractivity contribution in [2.24, 2.45) is 0 Å². The van der Waals surface area contributed by atoms with Crippen LogP contribution in [0.2, 0.25) is 0 Å². The average Bonchev–Trinajstić information content (AvgIpc) is 4.10. The van der Waals surface area contributed by atoms with Crippen molar-refractivity contribution in [2.75, 3.05) is 0 Å². The van der Waals surface area contributed by atoms with Gasteiger partial charge in [0.25, 0.3) is 0 Å². The first-order chi connectivity index (χ1) is 31.8. The molecule has 14 rings (SSSR count). The molecule has 8 aromatic carbocycles. The lowest BCUT2D eigenvalue weighted by atomic mass is 9.91. The van der Waals surface area contributed by atoms with Gasteiger partial charge < -0.3 is 18.1 Å². The number of benzene rings is 8. The lowest BCUT2D eigenvalue weighted by Gasteiger charge is -2.15. The number of pyridine rings is 2. The molecule has 14 aromatic rings. The van der Waals surface area contributed by atoms with Crippen LogP contribution in [0.1, 0.15) is 0 Å². The summed E-state index contributed by atoms with van der Waals surface area (Å²) in [6.07, 6.45) is 3.92. The highest BCUT2D eigenvalue weighted by molar-refractivity contribution is 6.20. The van der Waals surface area contributed by atoms with Gasteiger partial charge in [0, 0.05) is 72.9 Å². The molecule has 0 N–H and O–H groups in total. The Morgan fingerprint density at radius 3 is 1.78 bits per heavy atom. The van der Waals surface area contributed by atoms with Crippen molar-refractivity contribution in [1.29, 1.82) is 0 Å². The molecule has 0 aliphatic heterocycles. The Morgan fingerprint density at radius 2 is 0.938 bits per heavy atom. The highest BCUT2D eigenvalue weighted by Crippen LogP contribution is 2.46. The second-order valence-corrected chi connectivity index (χ2v) is 16.6. The maximum absolute atomic E-state index is 6.28. The predicted molar refractivity (Wildman–Crippen MR) is 263 cm³/mol. The first-order valence-electron chi connectivity index (χ1n) is 21.6. The van der Waals surface area contributed by atoms with E-state index in [0.29, 0.717) is 0 Å². The van der Waals surface area contributed by atoms with Gasteiger partial charge in [-0.3, -0.25) is 9.97 Å². The Hall–Kier alpha value is -8.74. The minimum Gasteiger partial charge on any atom is -0.456 e. The second kappa shape index (κ2) is 13.4. The fourth-order valence-corrected chi connectivity index (χ4v) is 10.4. The van der Waals surface area contributed by atoms with Crippen LogP contribution < -0.4 is 0 Å². The third kappa shape index (κ3) is 4.96. The van der Waals surface area contributed by atoms with Gasteiger partial charge in [0.15, 0.2) is 0 Å². The van der Waals surface area contributed by atoms with E-state index in [-0.39, 0.29) is 0 Å². The maximum Gasteiger partial charge on any atom is 0.135 e. The molecule has 6 heterocycles. The zero-order valence-corrected chi connectivity index (χ0v) is 34.4. The van der Waals surface area contributed by atoms with E-state index in [0.717, 1.165) is 99.9 Å². The van der Waals surface area contributed by atoms with Crippen LogP contribution in [0.5, 0.6) is 0 Å². The summed E-state index contributed by atoms with van der Waals surface area (Å²) in [4.78, 5) is 10.3. The van der Waals surface area contributed by atoms with Crippen molar-refractivity contribution in [3.05, 3.63) is 213 Å². The van der Waals surface area contributed by atoms with Crippen molar-refractivity contribution >= 4 is 87.6 Å². The molecule has 0 unspecified atom stereocenters. The molecule has 64 heavy (non-hydrogen) atoms. The molecule has 6 nitrogen and oxygen atoms in total.